The van der Waals surface area contributed by atoms with E-state index in [4.69, 9.17) is 9.42 Å². The van der Waals surface area contributed by atoms with Crippen molar-refractivity contribution in [2.75, 3.05) is 13.2 Å². The lowest BCUT2D eigenvalue weighted by molar-refractivity contribution is 0.182. The molecule has 0 saturated heterocycles. The van der Waals surface area contributed by atoms with Gasteiger partial charge in [0.25, 0.3) is 0 Å². The van der Waals surface area contributed by atoms with Gasteiger partial charge < -0.3 is 14.6 Å². The molecule has 0 aliphatic carbocycles. The van der Waals surface area contributed by atoms with Crippen LogP contribution in [0.2, 0.25) is 18.1 Å². The molecule has 0 amide bonds. The molecule has 0 radical (unpaired) electrons. The molecule has 1 aliphatic rings. The molecule has 38 heavy (non-hydrogen) atoms. The molecule has 3 aromatic carbocycles. The van der Waals surface area contributed by atoms with Crippen molar-refractivity contribution in [3.05, 3.63) is 108 Å². The van der Waals surface area contributed by atoms with Gasteiger partial charge in [-0.2, -0.15) is 0 Å². The van der Waals surface area contributed by atoms with E-state index >= 15 is 0 Å². The van der Waals surface area contributed by atoms with Crippen LogP contribution in [0, 0.1) is 0 Å². The lowest BCUT2D eigenvalue weighted by Crippen LogP contribution is -2.51. The molecule has 1 aliphatic heterocycles. The summed E-state index contributed by atoms with van der Waals surface area (Å²) >= 11 is 0. The molecule has 4 nitrogen and oxygen atoms in total. The van der Waals surface area contributed by atoms with Crippen LogP contribution in [0.25, 0.3) is 0 Å². The maximum absolute atomic E-state index is 6.85. The van der Waals surface area contributed by atoms with Crippen LogP contribution in [-0.2, 0) is 17.3 Å². The van der Waals surface area contributed by atoms with Crippen molar-refractivity contribution < 1.29 is 4.43 Å². The summed E-state index contributed by atoms with van der Waals surface area (Å²) in [5.41, 5.74) is 3.92. The fourth-order valence-electron chi connectivity index (χ4n) is 4.72. The van der Waals surface area contributed by atoms with Crippen LogP contribution in [-0.4, -0.2) is 44.4 Å². The van der Waals surface area contributed by atoms with Gasteiger partial charge in [0.2, 0.25) is 0 Å². The number of hydrogen-bond acceptors (Lipinski definition) is 4. The third-order valence-corrected chi connectivity index (χ3v) is 12.6. The minimum atomic E-state index is -1.91. The minimum Gasteiger partial charge on any atom is -0.415 e. The van der Waals surface area contributed by atoms with Gasteiger partial charge in [-0.3, -0.25) is 0 Å². The fraction of sp³-hybridized carbons (Fsp3) is 0.424. The Morgan fingerprint density at radius 2 is 1.45 bits per heavy atom. The number of guanidine groups is 1. The zero-order chi connectivity index (χ0) is 27.2. The van der Waals surface area contributed by atoms with Gasteiger partial charge >= 0.3 is 0 Å². The molecule has 3 atom stereocenters. The number of nitrogens with one attached hydrogen (secondary N) is 1. The summed E-state index contributed by atoms with van der Waals surface area (Å²) in [5, 5.41) is 3.96. The Labute approximate surface area is 231 Å². The van der Waals surface area contributed by atoms with Crippen LogP contribution in [0.3, 0.4) is 0 Å². The number of hydrogen-bond donors (Lipinski definition) is 1. The predicted octanol–water partition coefficient (Wildman–Crippen LogP) is 7.25. The van der Waals surface area contributed by atoms with E-state index in [0.29, 0.717) is 6.61 Å². The molecular formula is C33H45N3OSi. The van der Waals surface area contributed by atoms with E-state index < -0.39 is 8.32 Å². The van der Waals surface area contributed by atoms with Crippen molar-refractivity contribution in [3.8, 4) is 0 Å². The minimum absolute atomic E-state index is 0.159. The molecular weight excluding hydrogens is 482 g/mol. The van der Waals surface area contributed by atoms with Crippen LogP contribution in [0.5, 0.6) is 0 Å². The Kier molecular flexibility index (Phi) is 9.11. The first-order chi connectivity index (χ1) is 18.1. The Morgan fingerprint density at radius 3 is 2.03 bits per heavy atom. The summed E-state index contributed by atoms with van der Waals surface area (Å²) in [5.74, 6) is 0.988. The monoisotopic (exact) mass is 527 g/mol. The van der Waals surface area contributed by atoms with Crippen molar-refractivity contribution in [1.82, 2.24) is 10.2 Å². The first-order valence-electron chi connectivity index (χ1n) is 14.0. The molecule has 0 saturated carbocycles. The Balaban J connectivity index is 1.61. The van der Waals surface area contributed by atoms with E-state index in [1.54, 1.807) is 0 Å². The van der Waals surface area contributed by atoms with Crippen molar-refractivity contribution in [2.45, 2.75) is 76.8 Å². The summed E-state index contributed by atoms with van der Waals surface area (Å²) in [6, 6.07) is 32.7. The van der Waals surface area contributed by atoms with E-state index in [1.807, 2.05) is 0 Å². The third kappa shape index (κ3) is 7.36. The summed E-state index contributed by atoms with van der Waals surface area (Å²) in [7, 11) is -1.91. The standard InChI is InChI=1S/C33H45N3OSi/c1-26(29-20-14-9-15-21-29)34-32-35-30(22-27-16-10-7-11-17-27)24-36(32)31(23-28-18-12-8-13-19-28)25-37-38(5,6)33(2,3)4/h7-21,26,30-31H,22-25H2,1-6H3,(H,34,35)/t26-,30-,31-/m0/s1. The third-order valence-electron chi connectivity index (χ3n) is 8.14. The average Bonchev–Trinajstić information content (AvgIpc) is 3.29. The largest absolute Gasteiger partial charge is 0.415 e. The average molecular weight is 528 g/mol. The predicted molar refractivity (Wildman–Crippen MR) is 163 cm³/mol. The summed E-state index contributed by atoms with van der Waals surface area (Å²) < 4.78 is 6.85. The first-order valence-corrected chi connectivity index (χ1v) is 16.9. The van der Waals surface area contributed by atoms with Crippen LogP contribution < -0.4 is 5.32 Å². The van der Waals surface area contributed by atoms with Crippen molar-refractivity contribution >= 4 is 14.3 Å². The van der Waals surface area contributed by atoms with Gasteiger partial charge in [-0.15, -0.1) is 0 Å². The smallest absolute Gasteiger partial charge is 0.195 e. The van der Waals surface area contributed by atoms with E-state index in [0.717, 1.165) is 25.3 Å². The second-order valence-electron chi connectivity index (χ2n) is 12.1. The lowest BCUT2D eigenvalue weighted by Gasteiger charge is -2.39. The van der Waals surface area contributed by atoms with Gasteiger partial charge in [-0.05, 0) is 54.6 Å². The van der Waals surface area contributed by atoms with Crippen LogP contribution in [0.1, 0.15) is 50.4 Å². The number of aliphatic imine (C=N–C) groups is 1. The molecule has 0 unspecified atom stereocenters. The second kappa shape index (κ2) is 12.3. The van der Waals surface area contributed by atoms with E-state index in [9.17, 15) is 0 Å². The molecule has 4 rings (SSSR count). The van der Waals surface area contributed by atoms with Gasteiger partial charge in [-0.1, -0.05) is 112 Å². The molecule has 3 aromatic rings. The molecule has 202 valence electrons. The first kappa shape index (κ1) is 28.1. The quantitative estimate of drug-likeness (QED) is 0.282. The van der Waals surface area contributed by atoms with Gasteiger partial charge in [0.05, 0.1) is 24.7 Å². The van der Waals surface area contributed by atoms with Crippen molar-refractivity contribution in [1.29, 1.82) is 0 Å². The number of nitrogens with zero attached hydrogens (tertiary/aromatic N) is 2. The summed E-state index contributed by atoms with van der Waals surface area (Å²) in [6.07, 6.45) is 1.86. The highest BCUT2D eigenvalue weighted by Crippen LogP contribution is 2.37. The van der Waals surface area contributed by atoms with Gasteiger partial charge in [0.1, 0.15) is 0 Å². The summed E-state index contributed by atoms with van der Waals surface area (Å²) in [4.78, 5) is 7.77. The highest BCUT2D eigenvalue weighted by Gasteiger charge is 2.39. The fourth-order valence-corrected chi connectivity index (χ4v) is 5.77. The SMILES string of the molecule is C[C@H](NC1=N[C@@H](Cc2ccccc2)CN1[C@H](CO[Si](C)(C)C(C)(C)C)Cc1ccccc1)c1ccccc1. The van der Waals surface area contributed by atoms with E-state index in [2.05, 4.69) is 142 Å². The molecule has 0 bridgehead atoms. The zero-order valence-corrected chi connectivity index (χ0v) is 25.0. The highest BCUT2D eigenvalue weighted by molar-refractivity contribution is 6.74. The lowest BCUT2D eigenvalue weighted by atomic mass is 10.0. The molecule has 5 heteroatoms. The highest BCUT2D eigenvalue weighted by atomic mass is 28.4. The topological polar surface area (TPSA) is 36.9 Å². The number of benzene rings is 3. The number of rotatable bonds is 10. The van der Waals surface area contributed by atoms with Crippen LogP contribution in [0.15, 0.2) is 96.0 Å². The molecule has 0 aromatic heterocycles. The molecule has 0 fully saturated rings. The van der Waals surface area contributed by atoms with Crippen LogP contribution >= 0.6 is 0 Å². The molecule has 1 heterocycles. The Morgan fingerprint density at radius 1 is 0.895 bits per heavy atom. The van der Waals surface area contributed by atoms with Gasteiger partial charge in [0, 0.05) is 6.54 Å². The van der Waals surface area contributed by atoms with Gasteiger partial charge in [0.15, 0.2) is 14.3 Å². The van der Waals surface area contributed by atoms with Crippen molar-refractivity contribution in [2.24, 2.45) is 4.99 Å². The summed E-state index contributed by atoms with van der Waals surface area (Å²) in [6.45, 7) is 15.4. The Hall–Kier alpha value is -2.89. The van der Waals surface area contributed by atoms with Crippen LogP contribution in [0.4, 0.5) is 0 Å². The molecule has 0 spiro atoms. The second-order valence-corrected chi connectivity index (χ2v) is 16.9. The Bertz CT molecular complexity index is 1160. The van der Waals surface area contributed by atoms with E-state index in [1.165, 1.54) is 16.7 Å². The normalized spacial score (nSPS) is 17.7. The molecule has 1 N–H and O–H groups in total. The van der Waals surface area contributed by atoms with Crippen molar-refractivity contribution in [3.63, 3.8) is 0 Å². The zero-order valence-electron chi connectivity index (χ0n) is 24.0. The van der Waals surface area contributed by atoms with Gasteiger partial charge in [-0.25, -0.2) is 4.99 Å². The van der Waals surface area contributed by atoms with E-state index in [-0.39, 0.29) is 23.2 Å². The maximum Gasteiger partial charge on any atom is 0.195 e. The maximum atomic E-state index is 6.85.